The van der Waals surface area contributed by atoms with Crippen molar-refractivity contribution in [1.29, 1.82) is 0 Å². The summed E-state index contributed by atoms with van der Waals surface area (Å²) >= 11 is 6.16. The fraction of sp³-hybridized carbons (Fsp3) is 0.533. The minimum atomic E-state index is -3.61. The van der Waals surface area contributed by atoms with Crippen LogP contribution >= 0.6 is 11.6 Å². The van der Waals surface area contributed by atoms with Crippen molar-refractivity contribution < 1.29 is 22.7 Å². The maximum absolute atomic E-state index is 13.7. The van der Waals surface area contributed by atoms with Crippen LogP contribution in [0.1, 0.15) is 69.4 Å². The number of aryl methyl sites for hydroxylation is 1. The molecule has 1 aliphatic rings. The zero-order chi connectivity index (χ0) is 29.3. The van der Waals surface area contributed by atoms with Crippen molar-refractivity contribution in [2.45, 2.75) is 83.8 Å². The SMILES string of the molecule is CC[C@@H](C(=O)NC1CCCCC1)N(Cc1cccc(OC)c1)C(=O)CCCN(c1cc(Cl)ccc1C)S(C)(=O)=O. The zero-order valence-electron chi connectivity index (χ0n) is 24.0. The van der Waals surface area contributed by atoms with Gasteiger partial charge in [-0.15, -0.1) is 0 Å². The van der Waals surface area contributed by atoms with E-state index in [4.69, 9.17) is 16.3 Å². The number of nitrogens with zero attached hydrogens (tertiary/aromatic N) is 2. The average Bonchev–Trinajstić information content (AvgIpc) is 2.92. The van der Waals surface area contributed by atoms with Crippen LogP contribution in [0.3, 0.4) is 0 Å². The van der Waals surface area contributed by atoms with Crippen molar-refractivity contribution in [3.63, 3.8) is 0 Å². The Labute approximate surface area is 244 Å². The van der Waals surface area contributed by atoms with Gasteiger partial charge in [0.15, 0.2) is 0 Å². The normalized spacial score (nSPS) is 14.8. The summed E-state index contributed by atoms with van der Waals surface area (Å²) in [6.45, 7) is 4.09. The molecule has 1 saturated carbocycles. The lowest BCUT2D eigenvalue weighted by Crippen LogP contribution is -2.51. The van der Waals surface area contributed by atoms with Crippen molar-refractivity contribution in [1.82, 2.24) is 10.2 Å². The Kier molecular flexibility index (Phi) is 11.7. The molecule has 0 aromatic heterocycles. The van der Waals surface area contributed by atoms with Crippen molar-refractivity contribution >= 4 is 39.1 Å². The maximum Gasteiger partial charge on any atom is 0.243 e. The van der Waals surface area contributed by atoms with E-state index in [1.165, 1.54) is 10.7 Å². The number of rotatable bonds is 13. The fourth-order valence-electron chi connectivity index (χ4n) is 5.26. The molecule has 8 nitrogen and oxygen atoms in total. The first kappa shape index (κ1) is 31.7. The van der Waals surface area contributed by atoms with Gasteiger partial charge in [-0.3, -0.25) is 13.9 Å². The third kappa shape index (κ3) is 8.86. The molecule has 0 saturated heterocycles. The van der Waals surface area contributed by atoms with E-state index in [1.54, 1.807) is 30.2 Å². The van der Waals surface area contributed by atoms with E-state index in [1.807, 2.05) is 38.1 Å². The number of carbonyl (C=O) groups is 2. The molecular weight excluding hydrogens is 550 g/mol. The molecule has 0 radical (unpaired) electrons. The number of hydrogen-bond donors (Lipinski definition) is 1. The maximum atomic E-state index is 13.7. The van der Waals surface area contributed by atoms with E-state index in [-0.39, 0.29) is 43.8 Å². The molecule has 10 heteroatoms. The summed E-state index contributed by atoms with van der Waals surface area (Å²) in [7, 11) is -2.02. The molecule has 1 aliphatic carbocycles. The summed E-state index contributed by atoms with van der Waals surface area (Å²) in [5.74, 6) is 0.327. The van der Waals surface area contributed by atoms with Gasteiger partial charge in [0.05, 0.1) is 19.1 Å². The highest BCUT2D eigenvalue weighted by molar-refractivity contribution is 7.92. The second-order valence-electron chi connectivity index (χ2n) is 10.5. The summed E-state index contributed by atoms with van der Waals surface area (Å²) < 4.78 is 32.0. The molecular formula is C30H42ClN3O5S. The number of anilines is 1. The van der Waals surface area contributed by atoms with E-state index >= 15 is 0 Å². The van der Waals surface area contributed by atoms with Gasteiger partial charge in [-0.2, -0.15) is 0 Å². The van der Waals surface area contributed by atoms with Crippen LogP contribution in [0, 0.1) is 6.92 Å². The molecule has 2 amide bonds. The Morgan fingerprint density at radius 2 is 1.85 bits per heavy atom. The predicted molar refractivity (Wildman–Crippen MR) is 160 cm³/mol. The Balaban J connectivity index is 1.79. The molecule has 2 aromatic carbocycles. The molecule has 40 heavy (non-hydrogen) atoms. The summed E-state index contributed by atoms with van der Waals surface area (Å²) in [5, 5.41) is 3.62. The second kappa shape index (κ2) is 14.7. The lowest BCUT2D eigenvalue weighted by Gasteiger charge is -2.33. The highest BCUT2D eigenvalue weighted by atomic mass is 35.5. The van der Waals surface area contributed by atoms with Gasteiger partial charge in [0.1, 0.15) is 11.8 Å². The highest BCUT2D eigenvalue weighted by Gasteiger charge is 2.30. The van der Waals surface area contributed by atoms with E-state index in [0.29, 0.717) is 22.9 Å². The second-order valence-corrected chi connectivity index (χ2v) is 12.9. The van der Waals surface area contributed by atoms with Crippen LogP contribution in [0.5, 0.6) is 5.75 Å². The van der Waals surface area contributed by atoms with Crippen LogP contribution in [0.25, 0.3) is 0 Å². The first-order chi connectivity index (χ1) is 19.0. The van der Waals surface area contributed by atoms with Gasteiger partial charge < -0.3 is 15.0 Å². The monoisotopic (exact) mass is 591 g/mol. The predicted octanol–water partition coefficient (Wildman–Crippen LogP) is 5.46. The first-order valence-corrected chi connectivity index (χ1v) is 16.2. The number of benzene rings is 2. The van der Waals surface area contributed by atoms with Gasteiger partial charge in [0, 0.05) is 30.6 Å². The van der Waals surface area contributed by atoms with E-state index in [9.17, 15) is 18.0 Å². The Morgan fingerprint density at radius 1 is 1.12 bits per heavy atom. The first-order valence-electron chi connectivity index (χ1n) is 14.0. The molecule has 3 rings (SSSR count). The number of carbonyl (C=O) groups excluding carboxylic acids is 2. The average molecular weight is 592 g/mol. The van der Waals surface area contributed by atoms with Crippen molar-refractivity contribution in [2.24, 2.45) is 0 Å². The van der Waals surface area contributed by atoms with Gasteiger partial charge in [-0.05, 0) is 68.0 Å². The molecule has 0 unspecified atom stereocenters. The lowest BCUT2D eigenvalue weighted by molar-refractivity contribution is -0.141. The van der Waals surface area contributed by atoms with Crippen molar-refractivity contribution in [2.75, 3.05) is 24.2 Å². The highest BCUT2D eigenvalue weighted by Crippen LogP contribution is 2.27. The van der Waals surface area contributed by atoms with Crippen LogP contribution in [-0.2, 0) is 26.2 Å². The summed E-state index contributed by atoms with van der Waals surface area (Å²) in [6.07, 6.45) is 7.26. The molecule has 1 fully saturated rings. The summed E-state index contributed by atoms with van der Waals surface area (Å²) in [4.78, 5) is 28.8. The Bertz CT molecular complexity index is 1260. The molecule has 220 valence electrons. The van der Waals surface area contributed by atoms with E-state index < -0.39 is 16.1 Å². The number of hydrogen-bond acceptors (Lipinski definition) is 5. The van der Waals surface area contributed by atoms with Gasteiger partial charge >= 0.3 is 0 Å². The van der Waals surface area contributed by atoms with Crippen molar-refractivity contribution in [3.05, 3.63) is 58.6 Å². The number of ether oxygens (including phenoxy) is 1. The van der Waals surface area contributed by atoms with Crippen LogP contribution in [-0.4, -0.2) is 57.1 Å². The van der Waals surface area contributed by atoms with Crippen LogP contribution in [0.15, 0.2) is 42.5 Å². The van der Waals surface area contributed by atoms with Gasteiger partial charge in [-0.25, -0.2) is 8.42 Å². The zero-order valence-corrected chi connectivity index (χ0v) is 25.6. The molecule has 0 spiro atoms. The van der Waals surface area contributed by atoms with Crippen LogP contribution in [0.4, 0.5) is 5.69 Å². The number of sulfonamides is 1. The Hall–Kier alpha value is -2.78. The Morgan fingerprint density at radius 3 is 2.50 bits per heavy atom. The molecule has 0 bridgehead atoms. The smallest absolute Gasteiger partial charge is 0.243 e. The van der Waals surface area contributed by atoms with E-state index in [2.05, 4.69) is 5.32 Å². The van der Waals surface area contributed by atoms with Gasteiger partial charge in [-0.1, -0.05) is 56.0 Å². The molecule has 1 N–H and O–H groups in total. The molecule has 2 aromatic rings. The third-order valence-electron chi connectivity index (χ3n) is 7.42. The van der Waals surface area contributed by atoms with E-state index in [0.717, 1.165) is 43.1 Å². The van der Waals surface area contributed by atoms with Crippen LogP contribution in [0.2, 0.25) is 5.02 Å². The molecule has 0 heterocycles. The van der Waals surface area contributed by atoms with Gasteiger partial charge in [0.25, 0.3) is 0 Å². The van der Waals surface area contributed by atoms with Crippen LogP contribution < -0.4 is 14.4 Å². The minimum Gasteiger partial charge on any atom is -0.497 e. The minimum absolute atomic E-state index is 0.0861. The topological polar surface area (TPSA) is 96.0 Å². The van der Waals surface area contributed by atoms with Gasteiger partial charge in [0.2, 0.25) is 21.8 Å². The summed E-state index contributed by atoms with van der Waals surface area (Å²) in [5.41, 5.74) is 2.11. The standard InChI is InChI=1S/C30H42ClN3O5S/c1-5-27(30(36)32-25-12-7-6-8-13-25)33(21-23-11-9-14-26(19-23)39-3)29(35)15-10-18-34(40(4,37)38)28-20-24(31)17-16-22(28)2/h9,11,14,16-17,19-20,25,27H,5-8,10,12-13,15,18,21H2,1-4H3,(H,32,36)/t27-/m0/s1. The number of nitrogens with one attached hydrogen (secondary N) is 1. The molecule has 0 aliphatic heterocycles. The number of halogens is 1. The number of methoxy groups -OCH3 is 1. The van der Waals surface area contributed by atoms with Crippen molar-refractivity contribution in [3.8, 4) is 5.75 Å². The quantitative estimate of drug-likeness (QED) is 0.334. The largest absolute Gasteiger partial charge is 0.497 e. The fourth-order valence-corrected chi connectivity index (χ4v) is 6.45. The molecule has 1 atom stereocenters. The summed E-state index contributed by atoms with van der Waals surface area (Å²) in [6, 6.07) is 12.1. The lowest BCUT2D eigenvalue weighted by atomic mass is 9.95. The number of amides is 2. The third-order valence-corrected chi connectivity index (χ3v) is 8.83.